The van der Waals surface area contributed by atoms with Crippen molar-refractivity contribution in [3.63, 3.8) is 0 Å². The van der Waals surface area contributed by atoms with Crippen LogP contribution in [-0.2, 0) is 0 Å². The van der Waals surface area contributed by atoms with Gasteiger partial charge in [0.1, 0.15) is 0 Å². The SMILES string of the molecule is c1ccc2c(c1)ccc1c3ccccc3ccc21.c1ccc2c(c1)ccc1ccccc12.c1ccc2cc3ccccc3cc2c1. The van der Waals surface area contributed by atoms with Crippen molar-refractivity contribution in [3.05, 3.63) is 194 Å². The number of hydrogen-bond acceptors (Lipinski definition) is 0. The van der Waals surface area contributed by atoms with Gasteiger partial charge in [0.2, 0.25) is 0 Å². The van der Waals surface area contributed by atoms with Gasteiger partial charge in [-0.2, -0.15) is 0 Å². The zero-order chi connectivity index (χ0) is 30.7. The van der Waals surface area contributed by atoms with E-state index in [1.54, 1.807) is 0 Å². The van der Waals surface area contributed by atoms with Crippen LogP contribution in [0.1, 0.15) is 0 Å². The fourth-order valence-electron chi connectivity index (χ4n) is 6.61. The quantitative estimate of drug-likeness (QED) is 0.123. The minimum absolute atomic E-state index is 1.31. The third-order valence-electron chi connectivity index (χ3n) is 8.92. The van der Waals surface area contributed by atoms with Crippen LogP contribution in [0.4, 0.5) is 0 Å². The van der Waals surface area contributed by atoms with Crippen molar-refractivity contribution in [2.45, 2.75) is 0 Å². The summed E-state index contributed by atoms with van der Waals surface area (Å²) < 4.78 is 0. The van der Waals surface area contributed by atoms with Gasteiger partial charge < -0.3 is 0 Å². The Kier molecular flexibility index (Phi) is 7.30. The lowest BCUT2D eigenvalue weighted by atomic mass is 9.97. The van der Waals surface area contributed by atoms with Gasteiger partial charge in [0.25, 0.3) is 0 Å². The second-order valence-electron chi connectivity index (χ2n) is 11.7. The van der Waals surface area contributed by atoms with Crippen LogP contribution in [0.15, 0.2) is 194 Å². The summed E-state index contributed by atoms with van der Waals surface area (Å²) >= 11 is 0. The van der Waals surface area contributed by atoms with Crippen LogP contribution in [0, 0.1) is 0 Å². The highest BCUT2D eigenvalue weighted by Gasteiger charge is 2.03. The van der Waals surface area contributed by atoms with E-state index in [9.17, 15) is 0 Å². The molecular weight excluding hydrogens is 553 g/mol. The van der Waals surface area contributed by atoms with Gasteiger partial charge in [-0.1, -0.05) is 182 Å². The van der Waals surface area contributed by atoms with Gasteiger partial charge in [0.15, 0.2) is 0 Å². The molecule has 10 aromatic rings. The van der Waals surface area contributed by atoms with Crippen molar-refractivity contribution in [1.29, 1.82) is 0 Å². The number of hydrogen-bond donors (Lipinski definition) is 0. The molecule has 0 bridgehead atoms. The molecular formula is C46H32. The van der Waals surface area contributed by atoms with E-state index in [0.717, 1.165) is 0 Å². The van der Waals surface area contributed by atoms with E-state index in [4.69, 9.17) is 0 Å². The van der Waals surface area contributed by atoms with E-state index in [-0.39, 0.29) is 0 Å². The lowest BCUT2D eigenvalue weighted by molar-refractivity contribution is 1.76. The summed E-state index contributed by atoms with van der Waals surface area (Å²) in [4.78, 5) is 0. The summed E-state index contributed by atoms with van der Waals surface area (Å²) in [5.41, 5.74) is 0. The average molecular weight is 585 g/mol. The molecule has 0 aliphatic carbocycles. The minimum atomic E-state index is 1.31. The van der Waals surface area contributed by atoms with Gasteiger partial charge in [-0.05, 0) is 87.5 Å². The van der Waals surface area contributed by atoms with Crippen LogP contribution >= 0.6 is 0 Å². The second-order valence-corrected chi connectivity index (χ2v) is 11.7. The lowest BCUT2D eigenvalue weighted by Crippen LogP contribution is -1.79. The summed E-state index contributed by atoms with van der Waals surface area (Å²) in [7, 11) is 0. The van der Waals surface area contributed by atoms with Crippen molar-refractivity contribution in [1.82, 2.24) is 0 Å². The standard InChI is InChI=1S/C18H12.2C14H10/c1-3-7-15-13(5-1)9-11-18-16-8-4-2-6-14(16)10-12-17(15)18;1-3-7-13-11(5-1)9-10-12-6-2-4-8-14(12)13;1-2-6-12-10-14-8-4-3-7-13(14)9-11(12)5-1/h1-12H;2*1-10H. The molecule has 0 heterocycles. The Hall–Kier alpha value is -5.98. The predicted octanol–water partition coefficient (Wildman–Crippen LogP) is 13.1. The molecule has 10 aromatic carbocycles. The molecule has 0 spiro atoms. The van der Waals surface area contributed by atoms with Gasteiger partial charge in [-0.3, -0.25) is 0 Å². The topological polar surface area (TPSA) is 0 Å². The summed E-state index contributed by atoms with van der Waals surface area (Å²) in [6.45, 7) is 0. The van der Waals surface area contributed by atoms with Crippen LogP contribution in [0.2, 0.25) is 0 Å². The molecule has 46 heavy (non-hydrogen) atoms. The predicted molar refractivity (Wildman–Crippen MR) is 202 cm³/mol. The van der Waals surface area contributed by atoms with Crippen LogP contribution in [-0.4, -0.2) is 0 Å². The van der Waals surface area contributed by atoms with Crippen LogP contribution in [0.5, 0.6) is 0 Å². The van der Waals surface area contributed by atoms with Gasteiger partial charge in [-0.15, -0.1) is 0 Å². The largest absolute Gasteiger partial charge is 0.0616 e. The molecule has 216 valence electrons. The van der Waals surface area contributed by atoms with E-state index < -0.39 is 0 Å². The van der Waals surface area contributed by atoms with Crippen molar-refractivity contribution in [2.75, 3.05) is 0 Å². The summed E-state index contributed by atoms with van der Waals surface area (Å²) in [5.74, 6) is 0. The van der Waals surface area contributed by atoms with Gasteiger partial charge in [0.05, 0.1) is 0 Å². The molecule has 10 rings (SSSR count). The Balaban J connectivity index is 0.000000103. The summed E-state index contributed by atoms with van der Waals surface area (Å²) in [6.07, 6.45) is 0. The number of rotatable bonds is 0. The van der Waals surface area contributed by atoms with Crippen molar-refractivity contribution < 1.29 is 0 Å². The molecule has 0 aromatic heterocycles. The molecule has 0 aliphatic rings. The highest BCUT2D eigenvalue weighted by Crippen LogP contribution is 2.31. The summed E-state index contributed by atoms with van der Waals surface area (Å²) in [5, 5.41) is 18.5. The van der Waals surface area contributed by atoms with E-state index >= 15 is 0 Å². The highest BCUT2D eigenvalue weighted by molar-refractivity contribution is 6.17. The van der Waals surface area contributed by atoms with E-state index in [0.29, 0.717) is 0 Å². The van der Waals surface area contributed by atoms with Crippen LogP contribution in [0.25, 0.3) is 75.4 Å². The summed E-state index contributed by atoms with van der Waals surface area (Å²) in [6, 6.07) is 68.8. The first kappa shape index (κ1) is 27.6. The van der Waals surface area contributed by atoms with Crippen molar-refractivity contribution in [3.8, 4) is 0 Å². The first-order valence-electron chi connectivity index (χ1n) is 15.9. The molecule has 0 N–H and O–H groups in total. The molecule has 0 nitrogen and oxygen atoms in total. The van der Waals surface area contributed by atoms with E-state index in [1.807, 2.05) is 0 Å². The normalized spacial score (nSPS) is 11.0. The van der Waals surface area contributed by atoms with Crippen molar-refractivity contribution >= 4 is 75.4 Å². The van der Waals surface area contributed by atoms with Gasteiger partial charge in [0, 0.05) is 0 Å². The Morgan fingerprint density at radius 2 is 0.370 bits per heavy atom. The number of benzene rings is 10. The average Bonchev–Trinajstić information content (AvgIpc) is 3.14. The molecule has 0 amide bonds. The molecule has 0 fully saturated rings. The fraction of sp³-hybridized carbons (Fsp3) is 0. The Bertz CT molecular complexity index is 2390. The molecule has 0 unspecified atom stereocenters. The molecule has 0 radical (unpaired) electrons. The zero-order valence-electron chi connectivity index (χ0n) is 25.5. The first-order valence-corrected chi connectivity index (χ1v) is 15.9. The number of fused-ring (bicyclic) bond motifs is 10. The van der Waals surface area contributed by atoms with E-state index in [2.05, 4.69) is 194 Å². The van der Waals surface area contributed by atoms with E-state index in [1.165, 1.54) is 75.4 Å². The second kappa shape index (κ2) is 12.2. The fourth-order valence-corrected chi connectivity index (χ4v) is 6.61. The first-order chi connectivity index (χ1) is 22.8. The smallest absolute Gasteiger partial charge is 0.00990 e. The third-order valence-corrected chi connectivity index (χ3v) is 8.92. The maximum Gasteiger partial charge on any atom is -0.00990 e. The van der Waals surface area contributed by atoms with Crippen molar-refractivity contribution in [2.24, 2.45) is 0 Å². The Morgan fingerprint density at radius 3 is 0.674 bits per heavy atom. The van der Waals surface area contributed by atoms with Crippen LogP contribution < -0.4 is 0 Å². The minimum Gasteiger partial charge on any atom is -0.0616 e. The molecule has 0 atom stereocenters. The molecule has 0 aliphatic heterocycles. The Morgan fingerprint density at radius 1 is 0.152 bits per heavy atom. The highest BCUT2D eigenvalue weighted by atomic mass is 14.1. The van der Waals surface area contributed by atoms with Gasteiger partial charge in [-0.25, -0.2) is 0 Å². The third kappa shape index (κ3) is 5.31. The molecule has 0 heteroatoms. The molecule has 0 saturated heterocycles. The maximum atomic E-state index is 2.24. The Labute approximate surface area is 268 Å². The van der Waals surface area contributed by atoms with Crippen LogP contribution in [0.3, 0.4) is 0 Å². The monoisotopic (exact) mass is 584 g/mol. The molecule has 0 saturated carbocycles. The maximum absolute atomic E-state index is 2.24. The lowest BCUT2D eigenvalue weighted by Gasteiger charge is -2.07. The van der Waals surface area contributed by atoms with Gasteiger partial charge >= 0.3 is 0 Å². The zero-order valence-corrected chi connectivity index (χ0v) is 25.5.